The Hall–Kier alpha value is -1.91. The van der Waals surface area contributed by atoms with Gasteiger partial charge in [-0.05, 0) is 12.1 Å². The quantitative estimate of drug-likeness (QED) is 0.436. The van der Waals surface area contributed by atoms with Gasteiger partial charge in [-0.1, -0.05) is 6.07 Å². The van der Waals surface area contributed by atoms with Gasteiger partial charge in [-0.3, -0.25) is 4.99 Å². The van der Waals surface area contributed by atoms with Crippen LogP contribution in [0.5, 0.6) is 11.5 Å². The van der Waals surface area contributed by atoms with Gasteiger partial charge in [0.25, 0.3) is 0 Å². The fourth-order valence-corrected chi connectivity index (χ4v) is 1.12. The summed E-state index contributed by atoms with van der Waals surface area (Å²) in [5, 5.41) is 2.90. The summed E-state index contributed by atoms with van der Waals surface area (Å²) in [4.78, 5) is 3.77. The van der Waals surface area contributed by atoms with Gasteiger partial charge in [0.1, 0.15) is 18.1 Å². The van der Waals surface area contributed by atoms with Gasteiger partial charge in [0.15, 0.2) is 5.96 Å². The molecule has 88 valence electrons. The summed E-state index contributed by atoms with van der Waals surface area (Å²) in [5.74, 6) is 1.96. The summed E-state index contributed by atoms with van der Waals surface area (Å²) < 4.78 is 10.6. The molecule has 0 aromatic heterocycles. The van der Waals surface area contributed by atoms with Gasteiger partial charge in [0, 0.05) is 13.1 Å². The Morgan fingerprint density at radius 1 is 1.44 bits per heavy atom. The van der Waals surface area contributed by atoms with Gasteiger partial charge in [-0.25, -0.2) is 0 Å². The maximum Gasteiger partial charge on any atom is 0.188 e. The van der Waals surface area contributed by atoms with Crippen LogP contribution in [-0.2, 0) is 0 Å². The number of rotatable bonds is 5. The summed E-state index contributed by atoms with van der Waals surface area (Å²) in [6.45, 7) is 1.13. The van der Waals surface area contributed by atoms with Gasteiger partial charge in [0.2, 0.25) is 0 Å². The number of hydrogen-bond donors (Lipinski definition) is 2. The van der Waals surface area contributed by atoms with E-state index in [4.69, 9.17) is 15.2 Å². The average Bonchev–Trinajstić information content (AvgIpc) is 2.34. The highest BCUT2D eigenvalue weighted by Crippen LogP contribution is 2.18. The number of benzene rings is 1. The van der Waals surface area contributed by atoms with Crippen molar-refractivity contribution in [1.29, 1.82) is 0 Å². The normalized spacial score (nSPS) is 11.0. The summed E-state index contributed by atoms with van der Waals surface area (Å²) >= 11 is 0. The molecule has 1 aromatic rings. The molecule has 5 nitrogen and oxygen atoms in total. The summed E-state index contributed by atoms with van der Waals surface area (Å²) in [7, 11) is 3.25. The Bertz CT molecular complexity index is 353. The highest BCUT2D eigenvalue weighted by atomic mass is 16.5. The maximum atomic E-state index is 5.49. The molecule has 0 amide bonds. The number of methoxy groups -OCH3 is 1. The number of ether oxygens (including phenoxy) is 2. The number of guanidine groups is 1. The largest absolute Gasteiger partial charge is 0.497 e. The molecule has 0 spiro atoms. The average molecular weight is 223 g/mol. The Morgan fingerprint density at radius 3 is 2.88 bits per heavy atom. The maximum absolute atomic E-state index is 5.49. The molecule has 0 saturated carbocycles. The Balaban J connectivity index is 2.31. The first-order valence-electron chi connectivity index (χ1n) is 4.99. The van der Waals surface area contributed by atoms with Crippen LogP contribution in [0.1, 0.15) is 0 Å². The highest BCUT2D eigenvalue weighted by Gasteiger charge is 1.96. The lowest BCUT2D eigenvalue weighted by molar-refractivity contribution is 0.319. The van der Waals surface area contributed by atoms with Crippen LogP contribution in [-0.4, -0.2) is 33.3 Å². The Kier molecular flexibility index (Phi) is 4.98. The first-order chi connectivity index (χ1) is 7.76. The van der Waals surface area contributed by atoms with Crippen molar-refractivity contribution < 1.29 is 9.47 Å². The molecule has 0 heterocycles. The van der Waals surface area contributed by atoms with E-state index in [1.165, 1.54) is 0 Å². The van der Waals surface area contributed by atoms with Crippen molar-refractivity contribution >= 4 is 5.96 Å². The van der Waals surface area contributed by atoms with Crippen molar-refractivity contribution in [3.05, 3.63) is 24.3 Å². The van der Waals surface area contributed by atoms with Crippen LogP contribution in [0.25, 0.3) is 0 Å². The van der Waals surface area contributed by atoms with E-state index in [0.717, 1.165) is 11.5 Å². The standard InChI is InChI=1S/C11H17N3O2/c1-13-11(12)14-6-7-16-10-5-3-4-9(8-10)15-2/h3-5,8H,6-7H2,1-2H3,(H3,12,13,14). The van der Waals surface area contributed by atoms with Crippen LogP contribution in [0, 0.1) is 0 Å². The van der Waals surface area contributed by atoms with E-state index in [2.05, 4.69) is 10.3 Å². The molecule has 0 radical (unpaired) electrons. The molecule has 0 bridgehead atoms. The third-order valence-electron chi connectivity index (χ3n) is 1.96. The second-order valence-corrected chi connectivity index (χ2v) is 3.06. The fourth-order valence-electron chi connectivity index (χ4n) is 1.12. The van der Waals surface area contributed by atoms with Gasteiger partial charge in [-0.2, -0.15) is 0 Å². The van der Waals surface area contributed by atoms with Crippen molar-refractivity contribution in [2.75, 3.05) is 27.3 Å². The molecule has 16 heavy (non-hydrogen) atoms. The monoisotopic (exact) mass is 223 g/mol. The van der Waals surface area contributed by atoms with Crippen molar-refractivity contribution in [1.82, 2.24) is 5.32 Å². The highest BCUT2D eigenvalue weighted by molar-refractivity contribution is 5.77. The van der Waals surface area contributed by atoms with E-state index in [-0.39, 0.29) is 0 Å². The van der Waals surface area contributed by atoms with E-state index >= 15 is 0 Å². The number of hydrogen-bond acceptors (Lipinski definition) is 3. The smallest absolute Gasteiger partial charge is 0.188 e. The molecule has 0 unspecified atom stereocenters. The minimum absolute atomic E-state index is 0.411. The Morgan fingerprint density at radius 2 is 2.19 bits per heavy atom. The summed E-state index contributed by atoms with van der Waals surface area (Å²) in [6.07, 6.45) is 0. The van der Waals surface area contributed by atoms with Gasteiger partial charge in [0.05, 0.1) is 13.7 Å². The van der Waals surface area contributed by atoms with Crippen LogP contribution in [0.15, 0.2) is 29.3 Å². The summed E-state index contributed by atoms with van der Waals surface area (Å²) in [6, 6.07) is 7.45. The number of nitrogens with zero attached hydrogens (tertiary/aromatic N) is 1. The van der Waals surface area contributed by atoms with Crippen molar-refractivity contribution in [3.63, 3.8) is 0 Å². The van der Waals surface area contributed by atoms with E-state index in [1.807, 2.05) is 24.3 Å². The minimum Gasteiger partial charge on any atom is -0.497 e. The van der Waals surface area contributed by atoms with Crippen LogP contribution < -0.4 is 20.5 Å². The predicted octanol–water partition coefficient (Wildman–Crippen LogP) is 0.608. The molecular weight excluding hydrogens is 206 g/mol. The van der Waals surface area contributed by atoms with Crippen molar-refractivity contribution in [2.24, 2.45) is 10.7 Å². The first kappa shape index (κ1) is 12.2. The van der Waals surface area contributed by atoms with Crippen LogP contribution in [0.2, 0.25) is 0 Å². The molecule has 1 aromatic carbocycles. The minimum atomic E-state index is 0.411. The van der Waals surface area contributed by atoms with Crippen molar-refractivity contribution in [2.45, 2.75) is 0 Å². The fraction of sp³-hybridized carbons (Fsp3) is 0.364. The Labute approximate surface area is 95.3 Å². The van der Waals surface area contributed by atoms with E-state index in [1.54, 1.807) is 14.2 Å². The molecule has 0 fully saturated rings. The van der Waals surface area contributed by atoms with E-state index in [9.17, 15) is 0 Å². The number of nitrogens with one attached hydrogen (secondary N) is 1. The van der Waals surface area contributed by atoms with Crippen LogP contribution in [0.4, 0.5) is 0 Å². The molecule has 0 atom stereocenters. The molecule has 0 aliphatic heterocycles. The second-order valence-electron chi connectivity index (χ2n) is 3.06. The molecular formula is C11H17N3O2. The lowest BCUT2D eigenvalue weighted by Crippen LogP contribution is -2.34. The zero-order valence-corrected chi connectivity index (χ0v) is 9.56. The molecule has 1 rings (SSSR count). The van der Waals surface area contributed by atoms with E-state index in [0.29, 0.717) is 19.1 Å². The number of aliphatic imine (C=N–C) groups is 1. The first-order valence-corrected chi connectivity index (χ1v) is 4.99. The lowest BCUT2D eigenvalue weighted by atomic mass is 10.3. The van der Waals surface area contributed by atoms with Crippen LogP contribution in [0.3, 0.4) is 0 Å². The molecule has 5 heteroatoms. The molecule has 0 aliphatic rings. The zero-order chi connectivity index (χ0) is 11.8. The van der Waals surface area contributed by atoms with E-state index < -0.39 is 0 Å². The zero-order valence-electron chi connectivity index (χ0n) is 9.56. The van der Waals surface area contributed by atoms with Gasteiger partial charge >= 0.3 is 0 Å². The topological polar surface area (TPSA) is 68.9 Å². The molecule has 0 aliphatic carbocycles. The SMILES string of the molecule is CN=C(N)NCCOc1cccc(OC)c1. The van der Waals surface area contributed by atoms with Gasteiger partial charge in [-0.15, -0.1) is 0 Å². The predicted molar refractivity (Wildman–Crippen MR) is 64.0 cm³/mol. The molecule has 0 saturated heterocycles. The van der Waals surface area contributed by atoms with Gasteiger partial charge < -0.3 is 20.5 Å². The lowest BCUT2D eigenvalue weighted by Gasteiger charge is -2.08. The third-order valence-corrected chi connectivity index (χ3v) is 1.96. The summed E-state index contributed by atoms with van der Waals surface area (Å²) in [5.41, 5.74) is 5.46. The second kappa shape index (κ2) is 6.55. The molecule has 3 N–H and O–H groups in total. The van der Waals surface area contributed by atoms with Crippen molar-refractivity contribution in [3.8, 4) is 11.5 Å². The number of nitrogens with two attached hydrogens (primary N) is 1. The third kappa shape index (κ3) is 4.08. The van der Waals surface area contributed by atoms with Crippen LogP contribution >= 0.6 is 0 Å².